The van der Waals surface area contributed by atoms with Crippen molar-refractivity contribution >= 4 is 41.9 Å². The molecule has 6 aromatic rings. The van der Waals surface area contributed by atoms with Gasteiger partial charge in [0.15, 0.2) is 0 Å². The summed E-state index contributed by atoms with van der Waals surface area (Å²) in [5.74, 6) is 2.48. The van der Waals surface area contributed by atoms with Gasteiger partial charge in [-0.15, -0.1) is 9.24 Å². The van der Waals surface area contributed by atoms with Crippen LogP contribution in [-0.4, -0.2) is 0 Å². The second-order valence-corrected chi connectivity index (χ2v) is 19.8. The van der Waals surface area contributed by atoms with Crippen molar-refractivity contribution in [3.8, 4) is 34.1 Å². The Bertz CT molecular complexity index is 2180. The van der Waals surface area contributed by atoms with Crippen molar-refractivity contribution in [2.45, 2.75) is 80.1 Å². The van der Waals surface area contributed by atoms with Crippen LogP contribution in [0.25, 0.3) is 11.1 Å². The van der Waals surface area contributed by atoms with E-state index in [1.807, 2.05) is 61.5 Å². The Morgan fingerprint density at radius 2 is 0.911 bits per heavy atom. The molecule has 6 aromatic carbocycles. The highest BCUT2D eigenvalue weighted by atomic mass is 31.2. The van der Waals surface area contributed by atoms with Crippen molar-refractivity contribution < 1.29 is 22.5 Å². The van der Waals surface area contributed by atoms with Gasteiger partial charge in [-0.1, -0.05) is 108 Å². The van der Waals surface area contributed by atoms with Gasteiger partial charge in [0.1, 0.15) is 28.8 Å². The van der Waals surface area contributed by atoms with E-state index in [1.54, 1.807) is 6.07 Å². The lowest BCUT2D eigenvalue weighted by Crippen LogP contribution is -2.17. The van der Waals surface area contributed by atoms with Crippen LogP contribution in [0.5, 0.6) is 23.0 Å². The Morgan fingerprint density at radius 1 is 0.482 bits per heavy atom. The van der Waals surface area contributed by atoms with Gasteiger partial charge < -0.3 is 18.1 Å². The molecule has 56 heavy (non-hydrogen) atoms. The van der Waals surface area contributed by atoms with E-state index < -0.39 is 16.8 Å². The van der Waals surface area contributed by atoms with Gasteiger partial charge in [0, 0.05) is 11.1 Å². The predicted octanol–water partition coefficient (Wildman–Crippen LogP) is 13.0. The molecular formula is C48H52FO4P3. The molecule has 0 aliphatic heterocycles. The molecule has 0 heterocycles. The van der Waals surface area contributed by atoms with Crippen molar-refractivity contribution in [3.63, 3.8) is 0 Å². The van der Waals surface area contributed by atoms with Crippen LogP contribution in [0.4, 0.5) is 4.39 Å². The van der Waals surface area contributed by atoms with Crippen LogP contribution in [0.1, 0.15) is 74.9 Å². The Morgan fingerprint density at radius 3 is 1.34 bits per heavy atom. The second kappa shape index (κ2) is 17.1. The van der Waals surface area contributed by atoms with Crippen molar-refractivity contribution in [2.75, 3.05) is 0 Å². The maximum atomic E-state index is 14.9. The van der Waals surface area contributed by atoms with E-state index in [1.165, 1.54) is 12.1 Å². The average Bonchev–Trinajstić information content (AvgIpc) is 3.12. The Kier molecular flexibility index (Phi) is 12.6. The summed E-state index contributed by atoms with van der Waals surface area (Å²) in [6.07, 6.45) is 0. The fourth-order valence-corrected chi connectivity index (χ4v) is 10.0. The molecule has 3 atom stereocenters. The third-order valence-electron chi connectivity index (χ3n) is 9.33. The zero-order valence-corrected chi connectivity index (χ0v) is 37.0. The fourth-order valence-electron chi connectivity index (χ4n) is 6.70. The highest BCUT2D eigenvalue weighted by molar-refractivity contribution is 7.57. The summed E-state index contributed by atoms with van der Waals surface area (Å²) in [4.78, 5) is 0. The number of benzene rings is 6. The zero-order valence-electron chi connectivity index (χ0n) is 34.0. The van der Waals surface area contributed by atoms with Crippen molar-refractivity contribution in [3.05, 3.63) is 161 Å². The molecule has 0 radical (unpaired) electrons. The normalized spacial score (nSPS) is 12.9. The summed E-state index contributed by atoms with van der Waals surface area (Å²) in [5.41, 5.74) is 7.56. The quantitative estimate of drug-likeness (QED) is 0.122. The Balaban J connectivity index is 1.50. The van der Waals surface area contributed by atoms with E-state index in [-0.39, 0.29) is 16.6 Å². The number of hydrogen-bond donors (Lipinski definition) is 0. The molecule has 0 spiro atoms. The minimum atomic E-state index is -1.85. The molecule has 6 rings (SSSR count). The SMILES string of the molecule is Cc1cc(C)c(OP(Oc2ccccc2C(C)(C)C)c2cccc(F)c2)c(-c2cc(C)cc(C)c2OP(Oc2ccccc2C(C)(C)C)c2cccc(P)c2)c1. The second-order valence-electron chi connectivity index (χ2n) is 16.4. The zero-order chi connectivity index (χ0) is 40.4. The molecule has 3 unspecified atom stereocenters. The highest BCUT2D eigenvalue weighted by Crippen LogP contribution is 2.52. The molecule has 0 aliphatic carbocycles. The third kappa shape index (κ3) is 9.81. The molecule has 0 aromatic heterocycles. The third-order valence-corrected chi connectivity index (χ3v) is 12.5. The summed E-state index contributed by atoms with van der Waals surface area (Å²) in [6, 6.07) is 39.5. The number of para-hydroxylation sites is 2. The van der Waals surface area contributed by atoms with E-state index in [2.05, 4.69) is 120 Å². The molecule has 0 N–H and O–H groups in total. The first-order valence-electron chi connectivity index (χ1n) is 18.8. The van der Waals surface area contributed by atoms with Gasteiger partial charge in [0.2, 0.25) is 0 Å². The molecule has 0 aliphatic rings. The van der Waals surface area contributed by atoms with Gasteiger partial charge in [0.25, 0.3) is 0 Å². The molecule has 0 bridgehead atoms. The lowest BCUT2D eigenvalue weighted by Gasteiger charge is -2.28. The Labute approximate surface area is 337 Å². The van der Waals surface area contributed by atoms with Gasteiger partial charge >= 0.3 is 16.8 Å². The van der Waals surface area contributed by atoms with Crippen LogP contribution in [-0.2, 0) is 10.8 Å². The average molecular weight is 805 g/mol. The molecule has 8 heteroatoms. The highest BCUT2D eigenvalue weighted by Gasteiger charge is 2.30. The van der Waals surface area contributed by atoms with E-state index in [9.17, 15) is 4.39 Å². The molecule has 0 amide bonds. The van der Waals surface area contributed by atoms with Gasteiger partial charge in [-0.2, -0.15) is 0 Å². The Hall–Kier alpha value is -4.26. The number of rotatable bonds is 11. The lowest BCUT2D eigenvalue weighted by atomic mass is 9.86. The summed E-state index contributed by atoms with van der Waals surface area (Å²) in [5, 5.41) is 2.61. The largest absolute Gasteiger partial charge is 0.435 e. The van der Waals surface area contributed by atoms with E-state index in [0.29, 0.717) is 22.6 Å². The number of aryl methyl sites for hydroxylation is 4. The summed E-state index contributed by atoms with van der Waals surface area (Å²) in [6.45, 7) is 21.3. The molecule has 0 fully saturated rings. The van der Waals surface area contributed by atoms with Gasteiger partial charge in [0.05, 0.1) is 10.6 Å². The maximum absolute atomic E-state index is 14.9. The van der Waals surface area contributed by atoms with Crippen molar-refractivity contribution in [2.24, 2.45) is 0 Å². The summed E-state index contributed by atoms with van der Waals surface area (Å²) < 4.78 is 43.0. The number of halogens is 1. The monoisotopic (exact) mass is 804 g/mol. The van der Waals surface area contributed by atoms with Crippen molar-refractivity contribution in [1.29, 1.82) is 0 Å². The van der Waals surface area contributed by atoms with E-state index in [0.717, 1.165) is 60.9 Å². The van der Waals surface area contributed by atoms with E-state index >= 15 is 0 Å². The van der Waals surface area contributed by atoms with Crippen LogP contribution < -0.4 is 34.0 Å². The van der Waals surface area contributed by atoms with Crippen LogP contribution in [0.15, 0.2) is 121 Å². The van der Waals surface area contributed by atoms with Gasteiger partial charge in [-0.05, 0) is 132 Å². The standard InChI is InChI=1S/C48H52FO4P3/c1-31-25-33(3)45(52-55(37-19-15-17-35(49)29-37)50-43-23-13-11-21-41(43)47(5,6)7)39(27-31)40-28-32(2)26-34(4)46(40)53-56(38-20-16-18-36(54)30-38)51-44-24-14-12-22-42(44)48(8,9)10/h11-30H,54H2,1-10H3. The first-order chi connectivity index (χ1) is 26.5. The van der Waals surface area contributed by atoms with Crippen molar-refractivity contribution in [1.82, 2.24) is 0 Å². The van der Waals surface area contributed by atoms with Crippen LogP contribution in [0, 0.1) is 33.5 Å². The lowest BCUT2D eigenvalue weighted by molar-refractivity contribution is 0.477. The first kappa shape index (κ1) is 41.4. The fraction of sp³-hybridized carbons (Fsp3) is 0.250. The van der Waals surface area contributed by atoms with Crippen LogP contribution in [0.3, 0.4) is 0 Å². The molecular weight excluding hydrogens is 752 g/mol. The maximum Gasteiger partial charge on any atom is 0.326 e. The van der Waals surface area contributed by atoms with Gasteiger partial charge in [-0.3, -0.25) is 0 Å². The topological polar surface area (TPSA) is 36.9 Å². The minimum Gasteiger partial charge on any atom is -0.435 e. The minimum absolute atomic E-state index is 0.147. The number of hydrogen-bond acceptors (Lipinski definition) is 4. The summed E-state index contributed by atoms with van der Waals surface area (Å²) >= 11 is 0. The molecule has 0 saturated heterocycles. The molecule has 4 nitrogen and oxygen atoms in total. The first-order valence-corrected chi connectivity index (χ1v) is 21.8. The van der Waals surface area contributed by atoms with Crippen LogP contribution >= 0.6 is 26.0 Å². The molecule has 0 saturated carbocycles. The predicted molar refractivity (Wildman–Crippen MR) is 239 cm³/mol. The van der Waals surface area contributed by atoms with E-state index in [4.69, 9.17) is 18.1 Å². The molecule has 290 valence electrons. The smallest absolute Gasteiger partial charge is 0.326 e. The summed E-state index contributed by atoms with van der Waals surface area (Å²) in [7, 11) is -0.726. The van der Waals surface area contributed by atoms with Gasteiger partial charge in [-0.25, -0.2) is 4.39 Å². The van der Waals surface area contributed by atoms with Crippen LogP contribution in [0.2, 0.25) is 0 Å².